The molecule has 0 spiro atoms. The molecule has 10 heteroatoms. The molecule has 3 aromatic carbocycles. The summed E-state index contributed by atoms with van der Waals surface area (Å²) in [6, 6.07) is 16.4. The Morgan fingerprint density at radius 1 is 1.07 bits per heavy atom. The van der Waals surface area contributed by atoms with Crippen molar-refractivity contribution < 1.29 is 19.1 Å². The van der Waals surface area contributed by atoms with E-state index in [9.17, 15) is 14.4 Å². The highest BCUT2D eigenvalue weighted by Crippen LogP contribution is 2.42. The molecule has 0 fully saturated rings. The minimum atomic E-state index is -0.881. The zero-order chi connectivity index (χ0) is 30.4. The standard InChI is InChI=1S/C33H30BrN3O5S/c1-5-10-22-27(32(40)42-7-3)28(25-20-12-9-8-11-18(20)13-16-24(25)41-4)37-31(39)29(43-33(37)35-22)26-21-17-19(34)14-15-23(21)36(6-2)30(26)38/h8-9,11-17,28H,5-7,10H2,1-4H3/b29-26+/t28-/m0/s1. The van der Waals surface area contributed by atoms with Gasteiger partial charge in [-0.3, -0.25) is 14.2 Å². The average Bonchev–Trinajstić information content (AvgIpc) is 3.47. The summed E-state index contributed by atoms with van der Waals surface area (Å²) >= 11 is 4.71. The van der Waals surface area contributed by atoms with Crippen molar-refractivity contribution in [2.24, 2.45) is 4.99 Å². The van der Waals surface area contributed by atoms with Gasteiger partial charge in [-0.25, -0.2) is 9.79 Å². The molecule has 43 heavy (non-hydrogen) atoms. The van der Waals surface area contributed by atoms with Crippen LogP contribution in [0.5, 0.6) is 5.75 Å². The van der Waals surface area contributed by atoms with Gasteiger partial charge in [0.15, 0.2) is 4.80 Å². The van der Waals surface area contributed by atoms with E-state index in [4.69, 9.17) is 14.5 Å². The van der Waals surface area contributed by atoms with E-state index in [-0.39, 0.29) is 17.0 Å². The fraction of sp³-hybridized carbons (Fsp3) is 0.273. The molecule has 2 aliphatic heterocycles. The summed E-state index contributed by atoms with van der Waals surface area (Å²) in [7, 11) is 1.57. The lowest BCUT2D eigenvalue weighted by Crippen LogP contribution is -2.41. The molecule has 1 amide bonds. The molecule has 0 unspecified atom stereocenters. The minimum absolute atomic E-state index is 0.169. The lowest BCUT2D eigenvalue weighted by Gasteiger charge is -2.28. The summed E-state index contributed by atoms with van der Waals surface area (Å²) < 4.78 is 14.1. The second-order valence-electron chi connectivity index (χ2n) is 10.2. The number of hydrogen-bond donors (Lipinski definition) is 0. The van der Waals surface area contributed by atoms with Crippen molar-refractivity contribution in [3.63, 3.8) is 0 Å². The molecule has 1 atom stereocenters. The van der Waals surface area contributed by atoms with E-state index in [0.29, 0.717) is 51.5 Å². The Balaban J connectivity index is 1.76. The molecule has 0 radical (unpaired) electrons. The first-order valence-corrected chi connectivity index (χ1v) is 15.9. The number of aromatic nitrogens is 1. The molecular weight excluding hydrogens is 630 g/mol. The van der Waals surface area contributed by atoms with Gasteiger partial charge in [0.2, 0.25) is 0 Å². The molecule has 0 saturated carbocycles. The van der Waals surface area contributed by atoms with Crippen LogP contribution in [0.15, 0.2) is 80.1 Å². The van der Waals surface area contributed by atoms with E-state index >= 15 is 0 Å². The van der Waals surface area contributed by atoms with Crippen LogP contribution in [0.4, 0.5) is 5.69 Å². The van der Waals surface area contributed by atoms with Crippen molar-refractivity contribution in [3.05, 3.63) is 101 Å². The Hall–Kier alpha value is -4.02. The molecule has 1 aromatic heterocycles. The van der Waals surface area contributed by atoms with Crippen molar-refractivity contribution in [1.82, 2.24) is 4.57 Å². The fourth-order valence-electron chi connectivity index (χ4n) is 6.02. The molecule has 8 nitrogen and oxygen atoms in total. The highest BCUT2D eigenvalue weighted by Gasteiger charge is 2.39. The van der Waals surface area contributed by atoms with E-state index < -0.39 is 17.6 Å². The predicted molar refractivity (Wildman–Crippen MR) is 171 cm³/mol. The molecule has 4 aromatic rings. The lowest BCUT2D eigenvalue weighted by atomic mass is 9.90. The first-order chi connectivity index (χ1) is 20.8. The third-order valence-electron chi connectivity index (χ3n) is 7.81. The number of carbonyl (C=O) groups excluding carboxylic acids is 2. The number of ether oxygens (including phenoxy) is 2. The van der Waals surface area contributed by atoms with Crippen molar-refractivity contribution in [2.45, 2.75) is 39.7 Å². The number of likely N-dealkylation sites (N-methyl/N-ethyl adjacent to an activating group) is 1. The average molecular weight is 661 g/mol. The van der Waals surface area contributed by atoms with Gasteiger partial charge in [-0.15, -0.1) is 0 Å². The number of rotatable bonds is 7. The Morgan fingerprint density at radius 2 is 1.86 bits per heavy atom. The maximum Gasteiger partial charge on any atom is 0.338 e. The van der Waals surface area contributed by atoms with Crippen LogP contribution < -0.4 is 24.5 Å². The van der Waals surface area contributed by atoms with Gasteiger partial charge < -0.3 is 14.4 Å². The Kier molecular flexibility index (Phi) is 7.83. The molecule has 0 bridgehead atoms. The van der Waals surface area contributed by atoms with Gasteiger partial charge in [0.1, 0.15) is 16.3 Å². The highest BCUT2D eigenvalue weighted by molar-refractivity contribution is 9.10. The Labute approximate surface area is 260 Å². The molecular formula is C33H30BrN3O5S. The Morgan fingerprint density at radius 3 is 2.58 bits per heavy atom. The maximum absolute atomic E-state index is 14.6. The van der Waals surface area contributed by atoms with Crippen LogP contribution in [-0.2, 0) is 14.3 Å². The second kappa shape index (κ2) is 11.6. The van der Waals surface area contributed by atoms with Crippen molar-refractivity contribution in [1.29, 1.82) is 0 Å². The summed E-state index contributed by atoms with van der Waals surface area (Å²) in [5, 5.41) is 1.77. The van der Waals surface area contributed by atoms with Crippen LogP contribution in [0.3, 0.4) is 0 Å². The molecule has 0 N–H and O–H groups in total. The van der Waals surface area contributed by atoms with Crippen LogP contribution in [0.1, 0.15) is 50.8 Å². The Bertz CT molecular complexity index is 2030. The van der Waals surface area contributed by atoms with E-state index in [2.05, 4.69) is 15.9 Å². The zero-order valence-corrected chi connectivity index (χ0v) is 26.7. The van der Waals surface area contributed by atoms with Crippen LogP contribution in [0, 0.1) is 0 Å². The number of nitrogens with zero attached hydrogens (tertiary/aromatic N) is 3. The number of fused-ring (bicyclic) bond motifs is 3. The quantitative estimate of drug-likeness (QED) is 0.253. The number of halogens is 1. The third-order valence-corrected chi connectivity index (χ3v) is 9.36. The van der Waals surface area contributed by atoms with Crippen LogP contribution in [0.25, 0.3) is 16.3 Å². The number of allylic oxidation sites excluding steroid dienone is 1. The minimum Gasteiger partial charge on any atom is -0.496 e. The highest BCUT2D eigenvalue weighted by atomic mass is 79.9. The lowest BCUT2D eigenvalue weighted by molar-refractivity contribution is -0.139. The summed E-state index contributed by atoms with van der Waals surface area (Å²) in [5.41, 5.74) is 2.91. The first kappa shape index (κ1) is 29.1. The van der Waals surface area contributed by atoms with Crippen LogP contribution in [0.2, 0.25) is 0 Å². The topological polar surface area (TPSA) is 90.2 Å². The van der Waals surface area contributed by atoms with Gasteiger partial charge >= 0.3 is 5.97 Å². The number of amides is 1. The van der Waals surface area contributed by atoms with Crippen molar-refractivity contribution >= 4 is 61.2 Å². The SMILES string of the molecule is CCCC1=C(C(=O)OCC)[C@H](c2c(OC)ccc3ccccc23)n2c(s/c(=C3/C(=O)N(CC)c4ccc(Br)cc43)c2=O)=N1. The van der Waals surface area contributed by atoms with E-state index in [1.54, 1.807) is 23.5 Å². The van der Waals surface area contributed by atoms with Gasteiger partial charge in [0.25, 0.3) is 11.5 Å². The van der Waals surface area contributed by atoms with E-state index in [0.717, 1.165) is 27.4 Å². The van der Waals surface area contributed by atoms with Crippen molar-refractivity contribution in [3.8, 4) is 5.75 Å². The molecule has 0 aliphatic carbocycles. The molecule has 6 rings (SSSR count). The van der Waals surface area contributed by atoms with Crippen molar-refractivity contribution in [2.75, 3.05) is 25.2 Å². The summed E-state index contributed by atoms with van der Waals surface area (Å²) in [6.07, 6.45) is 1.24. The summed E-state index contributed by atoms with van der Waals surface area (Å²) in [4.78, 5) is 49.2. The molecule has 2 aliphatic rings. The fourth-order valence-corrected chi connectivity index (χ4v) is 7.49. The van der Waals surface area contributed by atoms with Gasteiger partial charge in [-0.05, 0) is 55.3 Å². The van der Waals surface area contributed by atoms with E-state index in [1.807, 2.05) is 68.4 Å². The van der Waals surface area contributed by atoms with Gasteiger partial charge in [-0.1, -0.05) is 70.9 Å². The van der Waals surface area contributed by atoms with Crippen LogP contribution in [-0.4, -0.2) is 36.7 Å². The number of anilines is 1. The van der Waals surface area contributed by atoms with Gasteiger partial charge in [-0.2, -0.15) is 0 Å². The largest absolute Gasteiger partial charge is 0.496 e. The predicted octanol–water partition coefficient (Wildman–Crippen LogP) is 5.24. The third kappa shape index (κ3) is 4.64. The van der Waals surface area contributed by atoms with Crippen LogP contribution >= 0.6 is 27.3 Å². The first-order valence-electron chi connectivity index (χ1n) is 14.3. The number of benzene rings is 3. The number of esters is 1. The number of hydrogen-bond acceptors (Lipinski definition) is 7. The van der Waals surface area contributed by atoms with Gasteiger partial charge in [0.05, 0.1) is 36.2 Å². The number of methoxy groups -OCH3 is 1. The van der Waals surface area contributed by atoms with Gasteiger partial charge in [0, 0.05) is 22.1 Å². The summed E-state index contributed by atoms with van der Waals surface area (Å²) in [5.74, 6) is -0.237. The zero-order valence-electron chi connectivity index (χ0n) is 24.3. The molecule has 220 valence electrons. The summed E-state index contributed by atoms with van der Waals surface area (Å²) in [6.45, 7) is 6.30. The number of thiazole rings is 1. The van der Waals surface area contributed by atoms with E-state index in [1.165, 1.54) is 11.3 Å². The second-order valence-corrected chi connectivity index (χ2v) is 12.1. The maximum atomic E-state index is 14.6. The normalized spacial score (nSPS) is 17.2. The molecule has 3 heterocycles. The number of carbonyl (C=O) groups is 2. The smallest absolute Gasteiger partial charge is 0.338 e. The monoisotopic (exact) mass is 659 g/mol. The molecule has 0 saturated heterocycles.